The summed E-state index contributed by atoms with van der Waals surface area (Å²) < 4.78 is 22.4. The first-order valence-corrected chi connectivity index (χ1v) is 9.12. The number of halogens is 1. The molecule has 1 aliphatic heterocycles. The Balaban J connectivity index is 1.73. The quantitative estimate of drug-likeness (QED) is 0.464. The lowest BCUT2D eigenvalue weighted by Gasteiger charge is -2.12. The number of ether oxygens (including phenoxy) is 4. The summed E-state index contributed by atoms with van der Waals surface area (Å²) in [6.45, 7) is 2.66. The van der Waals surface area contributed by atoms with Crippen molar-refractivity contribution < 1.29 is 23.7 Å². The van der Waals surface area contributed by atoms with E-state index in [0.717, 1.165) is 29.4 Å². The molecule has 0 saturated carbocycles. The van der Waals surface area contributed by atoms with Gasteiger partial charge in [0, 0.05) is 23.3 Å². The molecule has 1 amide bonds. The van der Waals surface area contributed by atoms with Crippen LogP contribution in [-0.2, 0) is 9.47 Å². The first kappa shape index (κ1) is 19.3. The molecule has 24 heavy (non-hydrogen) atoms. The summed E-state index contributed by atoms with van der Waals surface area (Å²) in [6, 6.07) is 3.49. The Bertz CT molecular complexity index is 546. The molecule has 2 rings (SSSR count). The number of amides is 1. The Hall–Kier alpha value is -1.06. The minimum absolute atomic E-state index is 0.125. The third kappa shape index (κ3) is 5.49. The van der Waals surface area contributed by atoms with Gasteiger partial charge < -0.3 is 24.3 Å². The first-order chi connectivity index (χ1) is 11.7. The maximum atomic E-state index is 12.3. The highest BCUT2D eigenvalue weighted by Gasteiger charge is 2.16. The molecule has 1 aromatic carbocycles. The molecular weight excluding hydrogens is 425 g/mol. The predicted molar refractivity (Wildman–Crippen MR) is 99.0 cm³/mol. The van der Waals surface area contributed by atoms with Crippen molar-refractivity contribution in [3.63, 3.8) is 0 Å². The Morgan fingerprint density at radius 2 is 2.08 bits per heavy atom. The summed E-state index contributed by atoms with van der Waals surface area (Å²) in [7, 11) is 3.13. The van der Waals surface area contributed by atoms with Gasteiger partial charge in [-0.3, -0.25) is 4.79 Å². The fourth-order valence-electron chi connectivity index (χ4n) is 2.49. The lowest BCUT2D eigenvalue weighted by Crippen LogP contribution is -2.26. The van der Waals surface area contributed by atoms with Crippen LogP contribution in [0.2, 0.25) is 0 Å². The van der Waals surface area contributed by atoms with Gasteiger partial charge in [-0.1, -0.05) is 0 Å². The van der Waals surface area contributed by atoms with E-state index >= 15 is 0 Å². The SMILES string of the molecule is COc1cc(I)c(C(=O)NCCCOCC2CCCO2)cc1OC. The molecule has 1 unspecified atom stereocenters. The highest BCUT2D eigenvalue weighted by molar-refractivity contribution is 14.1. The van der Waals surface area contributed by atoms with Crippen LogP contribution in [0.4, 0.5) is 0 Å². The molecule has 0 aliphatic carbocycles. The maximum absolute atomic E-state index is 12.3. The van der Waals surface area contributed by atoms with Crippen LogP contribution in [0, 0.1) is 3.57 Å². The standard InChI is InChI=1S/C17H24INO5/c1-21-15-9-13(14(18)10-16(15)22-2)17(20)19-6-4-7-23-11-12-5-3-8-24-12/h9-10,12H,3-8,11H2,1-2H3,(H,19,20). The van der Waals surface area contributed by atoms with Crippen LogP contribution < -0.4 is 14.8 Å². The van der Waals surface area contributed by atoms with E-state index in [2.05, 4.69) is 27.9 Å². The van der Waals surface area contributed by atoms with Crippen LogP contribution in [-0.4, -0.2) is 52.6 Å². The number of carbonyl (C=O) groups is 1. The topological polar surface area (TPSA) is 66.0 Å². The lowest BCUT2D eigenvalue weighted by atomic mass is 10.2. The largest absolute Gasteiger partial charge is 0.493 e. The second kappa shape index (κ2) is 10.0. The monoisotopic (exact) mass is 449 g/mol. The molecule has 134 valence electrons. The van der Waals surface area contributed by atoms with Crippen LogP contribution in [0.3, 0.4) is 0 Å². The van der Waals surface area contributed by atoms with Crippen LogP contribution >= 0.6 is 22.6 Å². The Morgan fingerprint density at radius 3 is 2.75 bits per heavy atom. The highest BCUT2D eigenvalue weighted by Crippen LogP contribution is 2.31. The lowest BCUT2D eigenvalue weighted by molar-refractivity contribution is 0.0166. The van der Waals surface area contributed by atoms with Crippen LogP contribution in [0.1, 0.15) is 29.6 Å². The number of rotatable bonds is 9. The molecule has 0 bridgehead atoms. The Kier molecular flexibility index (Phi) is 8.07. The maximum Gasteiger partial charge on any atom is 0.252 e. The third-order valence-electron chi connectivity index (χ3n) is 3.80. The molecule has 1 aliphatic rings. The molecule has 0 spiro atoms. The van der Waals surface area contributed by atoms with Gasteiger partial charge >= 0.3 is 0 Å². The first-order valence-electron chi connectivity index (χ1n) is 8.04. The molecule has 6 nitrogen and oxygen atoms in total. The fourth-order valence-corrected chi connectivity index (χ4v) is 3.17. The molecule has 1 atom stereocenters. The molecule has 0 aromatic heterocycles. The van der Waals surface area contributed by atoms with Crippen LogP contribution in [0.5, 0.6) is 11.5 Å². The number of methoxy groups -OCH3 is 2. The highest BCUT2D eigenvalue weighted by atomic mass is 127. The number of carbonyl (C=O) groups excluding carboxylic acids is 1. The number of hydrogen-bond donors (Lipinski definition) is 1. The van der Waals surface area contributed by atoms with Gasteiger partial charge in [-0.2, -0.15) is 0 Å². The molecule has 1 aromatic rings. The summed E-state index contributed by atoms with van der Waals surface area (Å²) >= 11 is 2.12. The van der Waals surface area contributed by atoms with Gasteiger partial charge in [0.15, 0.2) is 11.5 Å². The Labute approximate surface area is 156 Å². The van der Waals surface area contributed by atoms with E-state index in [1.165, 1.54) is 0 Å². The molecule has 0 radical (unpaired) electrons. The van der Waals surface area contributed by atoms with E-state index < -0.39 is 0 Å². The molecule has 1 fully saturated rings. The zero-order valence-electron chi connectivity index (χ0n) is 14.1. The van der Waals surface area contributed by atoms with Crippen molar-refractivity contribution in [1.82, 2.24) is 5.32 Å². The van der Waals surface area contributed by atoms with E-state index in [0.29, 0.717) is 36.8 Å². The van der Waals surface area contributed by atoms with Crippen molar-refractivity contribution in [2.45, 2.75) is 25.4 Å². The van der Waals surface area contributed by atoms with Crippen molar-refractivity contribution in [2.75, 3.05) is 40.6 Å². The number of nitrogens with one attached hydrogen (secondary N) is 1. The van der Waals surface area contributed by atoms with E-state index in [1.54, 1.807) is 26.4 Å². The van der Waals surface area contributed by atoms with Crippen molar-refractivity contribution in [3.8, 4) is 11.5 Å². The van der Waals surface area contributed by atoms with Crippen molar-refractivity contribution in [3.05, 3.63) is 21.3 Å². The van der Waals surface area contributed by atoms with E-state index in [9.17, 15) is 4.79 Å². The van der Waals surface area contributed by atoms with Crippen molar-refractivity contribution in [1.29, 1.82) is 0 Å². The average molecular weight is 449 g/mol. The predicted octanol–water partition coefficient (Wildman–Crippen LogP) is 2.62. The third-order valence-corrected chi connectivity index (χ3v) is 4.69. The molecule has 1 heterocycles. The van der Waals surface area contributed by atoms with Crippen LogP contribution in [0.25, 0.3) is 0 Å². The number of hydrogen-bond acceptors (Lipinski definition) is 5. The van der Waals surface area contributed by atoms with Crippen molar-refractivity contribution >= 4 is 28.5 Å². The van der Waals surface area contributed by atoms with E-state index in [1.807, 2.05) is 0 Å². The average Bonchev–Trinajstić information content (AvgIpc) is 3.10. The second-order valence-corrected chi connectivity index (χ2v) is 6.67. The van der Waals surface area contributed by atoms with Gasteiger partial charge in [0.2, 0.25) is 0 Å². The molecule has 1 saturated heterocycles. The summed E-state index contributed by atoms with van der Waals surface area (Å²) in [5.41, 5.74) is 0.577. The van der Waals surface area contributed by atoms with E-state index in [4.69, 9.17) is 18.9 Å². The number of benzene rings is 1. The summed E-state index contributed by atoms with van der Waals surface area (Å²) in [4.78, 5) is 12.3. The zero-order valence-corrected chi connectivity index (χ0v) is 16.3. The van der Waals surface area contributed by atoms with Gasteiger partial charge in [-0.25, -0.2) is 0 Å². The van der Waals surface area contributed by atoms with Crippen molar-refractivity contribution in [2.24, 2.45) is 0 Å². The van der Waals surface area contributed by atoms with Gasteiger partial charge in [0.25, 0.3) is 5.91 Å². The summed E-state index contributed by atoms with van der Waals surface area (Å²) in [5.74, 6) is 1.03. The second-order valence-electron chi connectivity index (χ2n) is 5.51. The van der Waals surface area contributed by atoms with Gasteiger partial charge in [-0.05, 0) is 54.0 Å². The normalized spacial score (nSPS) is 16.9. The molecule has 7 heteroatoms. The van der Waals surface area contributed by atoms with Crippen LogP contribution in [0.15, 0.2) is 12.1 Å². The zero-order chi connectivity index (χ0) is 17.4. The van der Waals surface area contributed by atoms with E-state index in [-0.39, 0.29) is 12.0 Å². The van der Waals surface area contributed by atoms with Gasteiger partial charge in [0.1, 0.15) is 0 Å². The summed E-state index contributed by atoms with van der Waals surface area (Å²) in [5, 5.41) is 2.91. The molecular formula is C17H24INO5. The fraction of sp³-hybridized carbons (Fsp3) is 0.588. The van der Waals surface area contributed by atoms with Gasteiger partial charge in [-0.15, -0.1) is 0 Å². The minimum atomic E-state index is -0.125. The Morgan fingerprint density at radius 1 is 1.33 bits per heavy atom. The van der Waals surface area contributed by atoms with Gasteiger partial charge in [0.05, 0.1) is 32.5 Å². The summed E-state index contributed by atoms with van der Waals surface area (Å²) in [6.07, 6.45) is 3.21. The smallest absolute Gasteiger partial charge is 0.252 e. The minimum Gasteiger partial charge on any atom is -0.493 e. The molecule has 1 N–H and O–H groups in total.